The van der Waals surface area contributed by atoms with Gasteiger partial charge in [0, 0.05) is 5.56 Å². The molecule has 200 valence electrons. The summed E-state index contributed by atoms with van der Waals surface area (Å²) in [6.45, 7) is 5.12. The molecular weight excluding hydrogens is 519 g/mol. The number of aromatic nitrogens is 1. The van der Waals surface area contributed by atoms with Crippen LogP contribution < -0.4 is 14.4 Å². The van der Waals surface area contributed by atoms with Crippen molar-refractivity contribution in [1.82, 2.24) is 4.98 Å². The molecule has 0 bridgehead atoms. The molecule has 5 rings (SSSR count). The lowest BCUT2D eigenvalue weighted by atomic mass is 9.95. The standard InChI is InChI=1S/C30H27FN2O5S/c1-3-15-37-21-10-5-18(6-11-21)26-25(27(34)19-7-12-22(13-8-19)38-16-4-2)28(35)29(36)33(26)30-32-23-14-9-20(31)17-24(23)39-30/h5-14,17,26,34H,3-4,15-16H2,1-2H3/b27-25+. The van der Waals surface area contributed by atoms with Crippen LogP contribution in [-0.2, 0) is 9.59 Å². The molecule has 1 saturated heterocycles. The predicted octanol–water partition coefficient (Wildman–Crippen LogP) is 6.64. The number of aliphatic hydroxyl groups excluding tert-OH is 1. The number of hydrogen-bond acceptors (Lipinski definition) is 7. The van der Waals surface area contributed by atoms with Crippen molar-refractivity contribution < 1.29 is 28.6 Å². The molecular formula is C30H27FN2O5S. The van der Waals surface area contributed by atoms with Gasteiger partial charge in [0.25, 0.3) is 5.78 Å². The van der Waals surface area contributed by atoms with E-state index in [1.54, 1.807) is 48.5 Å². The number of Topliss-reactive ketones (excluding diaryl/α,β-unsaturated/α-hetero) is 1. The Morgan fingerprint density at radius 2 is 1.56 bits per heavy atom. The Balaban J connectivity index is 1.62. The highest BCUT2D eigenvalue weighted by atomic mass is 32.1. The summed E-state index contributed by atoms with van der Waals surface area (Å²) in [6, 6.07) is 17.0. The fraction of sp³-hybridized carbons (Fsp3) is 0.233. The van der Waals surface area contributed by atoms with Crippen LogP contribution in [0.3, 0.4) is 0 Å². The minimum atomic E-state index is -0.952. The van der Waals surface area contributed by atoms with Crippen LogP contribution in [0.15, 0.2) is 72.3 Å². The summed E-state index contributed by atoms with van der Waals surface area (Å²) in [5.74, 6) is -1.10. The summed E-state index contributed by atoms with van der Waals surface area (Å²) < 4.78 is 25.7. The van der Waals surface area contributed by atoms with Crippen molar-refractivity contribution in [1.29, 1.82) is 0 Å². The number of anilines is 1. The lowest BCUT2D eigenvalue weighted by molar-refractivity contribution is -0.132. The first-order valence-electron chi connectivity index (χ1n) is 12.7. The van der Waals surface area contributed by atoms with Crippen LogP contribution in [0.4, 0.5) is 9.52 Å². The first-order valence-corrected chi connectivity index (χ1v) is 13.6. The summed E-state index contributed by atoms with van der Waals surface area (Å²) in [7, 11) is 0. The Morgan fingerprint density at radius 3 is 2.18 bits per heavy atom. The van der Waals surface area contributed by atoms with Crippen LogP contribution in [0, 0.1) is 5.82 Å². The maximum absolute atomic E-state index is 13.9. The molecule has 1 aromatic heterocycles. The number of ketones is 1. The Morgan fingerprint density at radius 1 is 0.949 bits per heavy atom. The van der Waals surface area contributed by atoms with Crippen molar-refractivity contribution in [2.45, 2.75) is 32.7 Å². The third kappa shape index (κ3) is 5.22. The van der Waals surface area contributed by atoms with Crippen LogP contribution >= 0.6 is 11.3 Å². The lowest BCUT2D eigenvalue weighted by Gasteiger charge is -2.23. The Hall–Kier alpha value is -4.24. The second kappa shape index (κ2) is 11.2. The summed E-state index contributed by atoms with van der Waals surface area (Å²) in [5, 5.41) is 11.6. The lowest BCUT2D eigenvalue weighted by Crippen LogP contribution is -2.29. The average Bonchev–Trinajstić information content (AvgIpc) is 3.48. The number of ether oxygens (including phenoxy) is 2. The van der Waals surface area contributed by atoms with Gasteiger partial charge in [-0.1, -0.05) is 37.3 Å². The fourth-order valence-corrected chi connectivity index (χ4v) is 5.40. The van der Waals surface area contributed by atoms with Crippen molar-refractivity contribution in [3.8, 4) is 11.5 Å². The number of carbonyl (C=O) groups is 2. The number of rotatable bonds is 9. The van der Waals surface area contributed by atoms with Gasteiger partial charge >= 0.3 is 5.91 Å². The minimum Gasteiger partial charge on any atom is -0.507 e. The summed E-state index contributed by atoms with van der Waals surface area (Å²) in [4.78, 5) is 32.7. The second-order valence-corrected chi connectivity index (χ2v) is 10.1. The van der Waals surface area contributed by atoms with Crippen LogP contribution in [0.5, 0.6) is 11.5 Å². The molecule has 1 fully saturated rings. The second-order valence-electron chi connectivity index (χ2n) is 9.07. The molecule has 1 aliphatic rings. The fourth-order valence-electron chi connectivity index (χ4n) is 4.39. The van der Waals surface area contributed by atoms with E-state index in [-0.39, 0.29) is 16.5 Å². The zero-order chi connectivity index (χ0) is 27.5. The van der Waals surface area contributed by atoms with E-state index >= 15 is 0 Å². The summed E-state index contributed by atoms with van der Waals surface area (Å²) in [5.41, 5.74) is 1.40. The molecule has 2 heterocycles. The SMILES string of the molecule is CCCOc1ccc(/C(O)=C2\C(=O)C(=O)N(c3nc4ccc(F)cc4s3)C2c2ccc(OCCC)cc2)cc1. The number of amides is 1. The van der Waals surface area contributed by atoms with Crippen LogP contribution in [-0.4, -0.2) is 35.0 Å². The summed E-state index contributed by atoms with van der Waals surface area (Å²) in [6.07, 6.45) is 1.70. The summed E-state index contributed by atoms with van der Waals surface area (Å²) >= 11 is 1.10. The molecule has 1 unspecified atom stereocenters. The van der Waals surface area contributed by atoms with Gasteiger partial charge in [0.1, 0.15) is 23.1 Å². The van der Waals surface area contributed by atoms with E-state index in [0.717, 1.165) is 24.2 Å². The topological polar surface area (TPSA) is 89.0 Å². The third-order valence-corrected chi connectivity index (χ3v) is 7.28. The molecule has 0 spiro atoms. The highest BCUT2D eigenvalue weighted by molar-refractivity contribution is 7.22. The van der Waals surface area contributed by atoms with Crippen molar-refractivity contribution >= 4 is 44.1 Å². The van der Waals surface area contributed by atoms with E-state index in [9.17, 15) is 19.1 Å². The molecule has 39 heavy (non-hydrogen) atoms. The van der Waals surface area contributed by atoms with E-state index in [1.807, 2.05) is 13.8 Å². The van der Waals surface area contributed by atoms with Gasteiger partial charge in [-0.3, -0.25) is 14.5 Å². The Kier molecular flexibility index (Phi) is 7.60. The number of nitrogens with zero attached hydrogens (tertiary/aromatic N) is 2. The van der Waals surface area contributed by atoms with Gasteiger partial charge in [0.15, 0.2) is 5.13 Å². The largest absolute Gasteiger partial charge is 0.507 e. The van der Waals surface area contributed by atoms with E-state index in [2.05, 4.69) is 4.98 Å². The molecule has 7 nitrogen and oxygen atoms in total. The Labute approximate surface area is 229 Å². The Bertz CT molecular complexity index is 1550. The monoisotopic (exact) mass is 546 g/mol. The predicted molar refractivity (Wildman–Crippen MR) is 149 cm³/mol. The maximum atomic E-state index is 13.9. The quantitative estimate of drug-likeness (QED) is 0.144. The number of hydrogen-bond donors (Lipinski definition) is 1. The van der Waals surface area contributed by atoms with Gasteiger partial charge in [-0.2, -0.15) is 0 Å². The van der Waals surface area contributed by atoms with Gasteiger partial charge in [0.05, 0.1) is 35.0 Å². The molecule has 1 atom stereocenters. The van der Waals surface area contributed by atoms with E-state index in [0.29, 0.717) is 46.1 Å². The normalized spacial score (nSPS) is 16.7. The zero-order valence-corrected chi connectivity index (χ0v) is 22.3. The molecule has 1 amide bonds. The number of thiazole rings is 1. The van der Waals surface area contributed by atoms with Gasteiger partial charge < -0.3 is 14.6 Å². The highest BCUT2D eigenvalue weighted by Gasteiger charge is 2.48. The number of benzene rings is 3. The van der Waals surface area contributed by atoms with E-state index < -0.39 is 23.5 Å². The van der Waals surface area contributed by atoms with Crippen molar-refractivity contribution in [2.75, 3.05) is 18.1 Å². The highest BCUT2D eigenvalue weighted by Crippen LogP contribution is 2.44. The van der Waals surface area contributed by atoms with E-state index in [1.165, 1.54) is 23.1 Å². The maximum Gasteiger partial charge on any atom is 0.301 e. The van der Waals surface area contributed by atoms with Crippen LogP contribution in [0.2, 0.25) is 0 Å². The molecule has 3 aromatic carbocycles. The van der Waals surface area contributed by atoms with Crippen molar-refractivity contribution in [2.24, 2.45) is 0 Å². The number of halogens is 1. The van der Waals surface area contributed by atoms with Gasteiger partial charge in [-0.15, -0.1) is 0 Å². The minimum absolute atomic E-state index is 0.0603. The molecule has 1 aliphatic heterocycles. The van der Waals surface area contributed by atoms with Crippen LogP contribution in [0.1, 0.15) is 43.9 Å². The third-order valence-electron chi connectivity index (χ3n) is 6.26. The smallest absolute Gasteiger partial charge is 0.301 e. The number of carbonyl (C=O) groups excluding carboxylic acids is 2. The molecule has 1 N–H and O–H groups in total. The molecule has 0 aliphatic carbocycles. The molecule has 0 saturated carbocycles. The van der Waals surface area contributed by atoms with Gasteiger partial charge in [0.2, 0.25) is 0 Å². The van der Waals surface area contributed by atoms with Gasteiger partial charge in [-0.25, -0.2) is 9.37 Å². The molecule has 0 radical (unpaired) electrons. The molecule has 4 aromatic rings. The first-order chi connectivity index (χ1) is 18.9. The number of aliphatic hydroxyl groups is 1. The van der Waals surface area contributed by atoms with Crippen molar-refractivity contribution in [3.63, 3.8) is 0 Å². The van der Waals surface area contributed by atoms with E-state index in [4.69, 9.17) is 9.47 Å². The van der Waals surface area contributed by atoms with Crippen LogP contribution in [0.25, 0.3) is 16.0 Å². The molecule has 9 heteroatoms. The van der Waals surface area contributed by atoms with Crippen molar-refractivity contribution in [3.05, 3.63) is 89.2 Å². The average molecular weight is 547 g/mol. The first kappa shape index (κ1) is 26.4. The van der Waals surface area contributed by atoms with Gasteiger partial charge in [-0.05, 0) is 73.0 Å². The number of fused-ring (bicyclic) bond motifs is 1. The zero-order valence-electron chi connectivity index (χ0n) is 21.5.